The van der Waals surface area contributed by atoms with Crippen molar-refractivity contribution in [2.45, 2.75) is 6.92 Å². The molecule has 0 unspecified atom stereocenters. The molecule has 7 heteroatoms. The number of hydrogen-bond donors (Lipinski definition) is 1. The molecule has 1 saturated heterocycles. The van der Waals surface area contributed by atoms with Gasteiger partial charge in [-0.05, 0) is 49.4 Å². The fraction of sp³-hybridized carbons (Fsp3) is 0.227. The molecule has 0 radical (unpaired) electrons. The lowest BCUT2D eigenvalue weighted by molar-refractivity contribution is 0.122. The van der Waals surface area contributed by atoms with Crippen LogP contribution < -0.4 is 10.5 Å². The lowest BCUT2D eigenvalue weighted by Crippen LogP contribution is -2.36. The van der Waals surface area contributed by atoms with Crippen molar-refractivity contribution in [1.29, 1.82) is 0 Å². The topological polar surface area (TPSA) is 76.0 Å². The predicted molar refractivity (Wildman–Crippen MR) is 113 cm³/mol. The Kier molecular flexibility index (Phi) is 4.37. The smallest absolute Gasteiger partial charge is 0.248 e. The molecule has 0 saturated carbocycles. The van der Waals surface area contributed by atoms with Crippen LogP contribution in [0.25, 0.3) is 28.1 Å². The average Bonchev–Trinajstić information content (AvgIpc) is 3.09. The number of nitrogens with one attached hydrogen (secondary N) is 1. The normalized spacial score (nSPS) is 14.4. The second kappa shape index (κ2) is 7.18. The van der Waals surface area contributed by atoms with E-state index >= 15 is 0 Å². The second-order valence-corrected chi connectivity index (χ2v) is 7.09. The van der Waals surface area contributed by atoms with Crippen LogP contribution in [0.1, 0.15) is 5.82 Å². The molecule has 1 aliphatic rings. The van der Waals surface area contributed by atoms with Crippen LogP contribution in [0.4, 0.5) is 5.69 Å². The zero-order valence-corrected chi connectivity index (χ0v) is 16.1. The van der Waals surface area contributed by atoms with Gasteiger partial charge < -0.3 is 14.6 Å². The van der Waals surface area contributed by atoms with Crippen LogP contribution in [-0.2, 0) is 4.74 Å². The Morgan fingerprint density at radius 3 is 2.48 bits per heavy atom. The van der Waals surface area contributed by atoms with Crippen LogP contribution >= 0.6 is 0 Å². The average molecular weight is 387 g/mol. The van der Waals surface area contributed by atoms with E-state index in [1.807, 2.05) is 25.1 Å². The standard InChI is InChI=1S/C22H21N5O2/c1-15-24-20-7-6-19(16-8-9-23-21(28)14-16)25-22(20)27(15)18-4-2-17(3-5-18)26-10-12-29-13-11-26/h2-9,14H,10-13H2,1H3,(H,23,28). The number of aryl methyl sites for hydroxylation is 1. The summed E-state index contributed by atoms with van der Waals surface area (Å²) in [7, 11) is 0. The molecule has 0 bridgehead atoms. The van der Waals surface area contributed by atoms with E-state index in [2.05, 4.69) is 43.7 Å². The zero-order valence-electron chi connectivity index (χ0n) is 16.1. The van der Waals surface area contributed by atoms with Crippen LogP contribution in [0.5, 0.6) is 0 Å². The van der Waals surface area contributed by atoms with E-state index in [1.165, 1.54) is 5.69 Å². The molecule has 0 amide bonds. The first-order chi connectivity index (χ1) is 14.2. The molecule has 1 aliphatic heterocycles. The van der Waals surface area contributed by atoms with Crippen LogP contribution in [0.15, 0.2) is 59.5 Å². The highest BCUT2D eigenvalue weighted by Crippen LogP contribution is 2.25. The van der Waals surface area contributed by atoms with E-state index in [0.29, 0.717) is 0 Å². The monoisotopic (exact) mass is 387 g/mol. The summed E-state index contributed by atoms with van der Waals surface area (Å²) in [6.07, 6.45) is 1.64. The number of pyridine rings is 2. The number of fused-ring (bicyclic) bond motifs is 1. The molecular weight excluding hydrogens is 366 g/mol. The minimum Gasteiger partial charge on any atom is -0.378 e. The first-order valence-electron chi connectivity index (χ1n) is 9.67. The molecule has 29 heavy (non-hydrogen) atoms. The van der Waals surface area contributed by atoms with Crippen molar-refractivity contribution in [2.24, 2.45) is 0 Å². The summed E-state index contributed by atoms with van der Waals surface area (Å²) in [5.74, 6) is 0.870. The molecule has 4 heterocycles. The molecule has 0 aliphatic carbocycles. The molecule has 0 spiro atoms. The van der Waals surface area contributed by atoms with Crippen molar-refractivity contribution in [3.63, 3.8) is 0 Å². The maximum Gasteiger partial charge on any atom is 0.248 e. The molecule has 5 rings (SSSR count). The van der Waals surface area contributed by atoms with Crippen molar-refractivity contribution in [1.82, 2.24) is 19.5 Å². The summed E-state index contributed by atoms with van der Waals surface area (Å²) in [6.45, 7) is 5.33. The van der Waals surface area contributed by atoms with Gasteiger partial charge in [0.15, 0.2) is 5.65 Å². The predicted octanol–water partition coefficient (Wildman–Crippen LogP) is 2.92. The summed E-state index contributed by atoms with van der Waals surface area (Å²) in [4.78, 5) is 26.1. The van der Waals surface area contributed by atoms with Gasteiger partial charge in [-0.3, -0.25) is 9.36 Å². The number of imidazole rings is 1. The summed E-state index contributed by atoms with van der Waals surface area (Å²) in [5.41, 5.74) is 5.19. The van der Waals surface area contributed by atoms with Crippen molar-refractivity contribution in [3.8, 4) is 16.9 Å². The Morgan fingerprint density at radius 1 is 0.966 bits per heavy atom. The van der Waals surface area contributed by atoms with Crippen LogP contribution in [0.2, 0.25) is 0 Å². The zero-order chi connectivity index (χ0) is 19.8. The van der Waals surface area contributed by atoms with Crippen molar-refractivity contribution in [3.05, 3.63) is 70.9 Å². The fourth-order valence-corrected chi connectivity index (χ4v) is 3.78. The molecule has 1 fully saturated rings. The first kappa shape index (κ1) is 17.6. The number of ether oxygens (including phenoxy) is 1. The van der Waals surface area contributed by atoms with Gasteiger partial charge in [-0.25, -0.2) is 9.97 Å². The maximum atomic E-state index is 11.7. The third kappa shape index (κ3) is 3.30. The van der Waals surface area contributed by atoms with E-state index < -0.39 is 0 Å². The number of morpholine rings is 1. The number of hydrogen-bond acceptors (Lipinski definition) is 5. The highest BCUT2D eigenvalue weighted by molar-refractivity contribution is 5.78. The van der Waals surface area contributed by atoms with Gasteiger partial charge in [0.1, 0.15) is 11.3 Å². The van der Waals surface area contributed by atoms with Gasteiger partial charge in [0.25, 0.3) is 0 Å². The number of H-pyrrole nitrogens is 1. The van der Waals surface area contributed by atoms with Gasteiger partial charge in [-0.2, -0.15) is 0 Å². The highest BCUT2D eigenvalue weighted by Gasteiger charge is 2.14. The number of nitrogens with zero attached hydrogens (tertiary/aromatic N) is 4. The van der Waals surface area contributed by atoms with E-state index in [1.54, 1.807) is 12.3 Å². The van der Waals surface area contributed by atoms with Crippen LogP contribution in [0, 0.1) is 6.92 Å². The number of benzene rings is 1. The lowest BCUT2D eigenvalue weighted by Gasteiger charge is -2.29. The number of rotatable bonds is 3. The first-order valence-corrected chi connectivity index (χ1v) is 9.67. The number of aromatic amines is 1. The third-order valence-corrected chi connectivity index (χ3v) is 5.23. The Labute approximate surface area is 167 Å². The minimum atomic E-state index is -0.146. The third-order valence-electron chi connectivity index (χ3n) is 5.23. The van der Waals surface area contributed by atoms with Gasteiger partial charge in [0, 0.05) is 42.3 Å². The number of anilines is 1. The van der Waals surface area contributed by atoms with Gasteiger partial charge in [-0.1, -0.05) is 0 Å². The van der Waals surface area contributed by atoms with Crippen molar-refractivity contribution in [2.75, 3.05) is 31.2 Å². The molecule has 4 aromatic rings. The Hall–Kier alpha value is -3.45. The quantitative estimate of drug-likeness (QED) is 0.585. The van der Waals surface area contributed by atoms with Gasteiger partial charge in [-0.15, -0.1) is 0 Å². The Bertz CT molecular complexity index is 1220. The molecule has 7 nitrogen and oxygen atoms in total. The van der Waals surface area contributed by atoms with Gasteiger partial charge in [0.05, 0.1) is 18.9 Å². The van der Waals surface area contributed by atoms with E-state index in [0.717, 1.165) is 60.2 Å². The molecule has 146 valence electrons. The van der Waals surface area contributed by atoms with E-state index in [9.17, 15) is 4.79 Å². The van der Waals surface area contributed by atoms with Crippen LogP contribution in [-0.4, -0.2) is 45.8 Å². The van der Waals surface area contributed by atoms with Crippen molar-refractivity contribution < 1.29 is 4.74 Å². The van der Waals surface area contributed by atoms with Crippen molar-refractivity contribution >= 4 is 16.9 Å². The lowest BCUT2D eigenvalue weighted by atomic mass is 10.2. The van der Waals surface area contributed by atoms with E-state index in [4.69, 9.17) is 9.72 Å². The molecule has 1 N–H and O–H groups in total. The summed E-state index contributed by atoms with van der Waals surface area (Å²) < 4.78 is 7.49. The molecule has 0 atom stereocenters. The molecule has 1 aromatic carbocycles. The summed E-state index contributed by atoms with van der Waals surface area (Å²) in [6, 6.07) is 15.7. The van der Waals surface area contributed by atoms with Crippen LogP contribution in [0.3, 0.4) is 0 Å². The Morgan fingerprint density at radius 2 is 1.72 bits per heavy atom. The molecule has 3 aromatic heterocycles. The largest absolute Gasteiger partial charge is 0.378 e. The van der Waals surface area contributed by atoms with E-state index in [-0.39, 0.29) is 5.56 Å². The summed E-state index contributed by atoms with van der Waals surface area (Å²) >= 11 is 0. The number of aromatic nitrogens is 4. The highest BCUT2D eigenvalue weighted by atomic mass is 16.5. The maximum absolute atomic E-state index is 11.7. The van der Waals surface area contributed by atoms with Gasteiger partial charge in [0.2, 0.25) is 5.56 Å². The SMILES string of the molecule is Cc1nc2ccc(-c3cc[nH]c(=O)c3)nc2n1-c1ccc(N2CCOCC2)cc1. The molecular formula is C22H21N5O2. The minimum absolute atomic E-state index is 0.146. The Balaban J connectivity index is 1.56. The fourth-order valence-electron chi connectivity index (χ4n) is 3.78. The summed E-state index contributed by atoms with van der Waals surface area (Å²) in [5, 5.41) is 0. The second-order valence-electron chi connectivity index (χ2n) is 7.09. The van der Waals surface area contributed by atoms with Gasteiger partial charge >= 0.3 is 0 Å².